The molecule has 6 heteroatoms. The molecule has 0 aromatic carbocycles. The largest absolute Gasteiger partial charge is 0.479 e. The zero-order valence-electron chi connectivity index (χ0n) is 15.9. The highest BCUT2D eigenvalue weighted by atomic mass is 19.1. The van der Waals surface area contributed by atoms with E-state index >= 15 is 4.39 Å². The van der Waals surface area contributed by atoms with Gasteiger partial charge in [0.2, 0.25) is 0 Å². The summed E-state index contributed by atoms with van der Waals surface area (Å²) in [7, 11) is 0. The molecule has 0 aromatic heterocycles. The third-order valence-electron chi connectivity index (χ3n) is 8.56. The first-order chi connectivity index (χ1) is 12.5. The SMILES string of the molecule is C=C1C[C@H]2[C@@H]3CC(F)=C4CC(O)CC[C@]4(C)[C@@H]3C(O)C[C@]2(C)C1(O)C(=O)O. The van der Waals surface area contributed by atoms with E-state index in [1.807, 2.05) is 6.92 Å². The van der Waals surface area contributed by atoms with E-state index in [4.69, 9.17) is 0 Å². The molecule has 4 aliphatic carbocycles. The van der Waals surface area contributed by atoms with E-state index in [0.717, 1.165) is 0 Å². The van der Waals surface area contributed by atoms with Gasteiger partial charge in [-0.1, -0.05) is 20.4 Å². The highest BCUT2D eigenvalue weighted by Crippen LogP contribution is 2.69. The van der Waals surface area contributed by atoms with E-state index in [1.54, 1.807) is 6.92 Å². The van der Waals surface area contributed by atoms with Crippen LogP contribution in [0.1, 0.15) is 52.4 Å². The lowest BCUT2D eigenvalue weighted by Gasteiger charge is -2.60. The molecule has 4 rings (SSSR count). The van der Waals surface area contributed by atoms with Crippen LogP contribution in [-0.4, -0.2) is 44.2 Å². The monoisotopic (exact) mass is 380 g/mol. The molecular formula is C21H29FO5. The lowest BCUT2D eigenvalue weighted by molar-refractivity contribution is -0.189. The normalized spacial score (nSPS) is 52.2. The number of allylic oxidation sites excluding steroid dienone is 1. The van der Waals surface area contributed by atoms with Crippen LogP contribution < -0.4 is 0 Å². The number of rotatable bonds is 1. The molecule has 0 radical (unpaired) electrons. The van der Waals surface area contributed by atoms with Crippen molar-refractivity contribution in [3.8, 4) is 0 Å². The number of carbonyl (C=O) groups is 1. The second-order valence-corrected chi connectivity index (χ2v) is 9.71. The first-order valence-electron chi connectivity index (χ1n) is 9.85. The van der Waals surface area contributed by atoms with Gasteiger partial charge in [0.25, 0.3) is 0 Å². The maximum Gasteiger partial charge on any atom is 0.340 e. The lowest BCUT2D eigenvalue weighted by Crippen LogP contribution is -2.62. The number of aliphatic carboxylic acids is 1. The van der Waals surface area contributed by atoms with Gasteiger partial charge in [0.05, 0.1) is 12.2 Å². The average molecular weight is 380 g/mol. The topological polar surface area (TPSA) is 98.0 Å². The van der Waals surface area contributed by atoms with Crippen LogP contribution >= 0.6 is 0 Å². The minimum atomic E-state index is -2.10. The van der Waals surface area contributed by atoms with E-state index < -0.39 is 34.6 Å². The van der Waals surface area contributed by atoms with E-state index in [0.29, 0.717) is 31.3 Å². The van der Waals surface area contributed by atoms with Gasteiger partial charge in [-0.25, -0.2) is 9.18 Å². The fraction of sp³-hybridized carbons (Fsp3) is 0.762. The van der Waals surface area contributed by atoms with Crippen molar-refractivity contribution in [2.24, 2.45) is 28.6 Å². The van der Waals surface area contributed by atoms with Gasteiger partial charge in [-0.15, -0.1) is 0 Å². The van der Waals surface area contributed by atoms with Crippen LogP contribution in [0.15, 0.2) is 23.6 Å². The van der Waals surface area contributed by atoms with Gasteiger partial charge >= 0.3 is 5.97 Å². The summed E-state index contributed by atoms with van der Waals surface area (Å²) in [6.45, 7) is 7.51. The molecule has 27 heavy (non-hydrogen) atoms. The number of fused-ring (bicyclic) bond motifs is 5. The summed E-state index contributed by atoms with van der Waals surface area (Å²) < 4.78 is 15.2. The molecule has 0 aliphatic heterocycles. The number of hydrogen-bond donors (Lipinski definition) is 4. The van der Waals surface area contributed by atoms with Crippen molar-refractivity contribution in [2.75, 3.05) is 0 Å². The van der Waals surface area contributed by atoms with Gasteiger partial charge in [0.1, 0.15) is 5.83 Å². The summed E-state index contributed by atoms with van der Waals surface area (Å²) >= 11 is 0. The van der Waals surface area contributed by atoms with Gasteiger partial charge in [0, 0.05) is 11.8 Å². The van der Waals surface area contributed by atoms with E-state index in [-0.39, 0.29) is 42.0 Å². The first-order valence-corrected chi connectivity index (χ1v) is 9.85. The Bertz CT molecular complexity index is 747. The molecule has 0 heterocycles. The third-order valence-corrected chi connectivity index (χ3v) is 8.56. The molecule has 0 aromatic rings. The number of aliphatic hydroxyl groups is 3. The second-order valence-electron chi connectivity index (χ2n) is 9.71. The van der Waals surface area contributed by atoms with Crippen LogP contribution in [0.4, 0.5) is 4.39 Å². The van der Waals surface area contributed by atoms with Crippen LogP contribution in [0.2, 0.25) is 0 Å². The predicted molar refractivity (Wildman–Crippen MR) is 96.3 cm³/mol. The molecule has 150 valence electrons. The number of halogens is 1. The highest BCUT2D eigenvalue weighted by Gasteiger charge is 2.70. The summed E-state index contributed by atoms with van der Waals surface area (Å²) in [5.74, 6) is -2.29. The Kier molecular flexibility index (Phi) is 3.99. The van der Waals surface area contributed by atoms with Crippen LogP contribution in [-0.2, 0) is 4.79 Å². The molecule has 0 saturated heterocycles. The first kappa shape index (κ1) is 19.1. The van der Waals surface area contributed by atoms with Crippen molar-refractivity contribution in [1.29, 1.82) is 0 Å². The van der Waals surface area contributed by atoms with Crippen molar-refractivity contribution >= 4 is 5.97 Å². The van der Waals surface area contributed by atoms with Crippen LogP contribution in [0, 0.1) is 28.6 Å². The van der Waals surface area contributed by atoms with Gasteiger partial charge in [-0.3, -0.25) is 0 Å². The van der Waals surface area contributed by atoms with E-state index in [1.165, 1.54) is 0 Å². The number of aliphatic hydroxyl groups excluding tert-OH is 2. The molecule has 0 spiro atoms. The zero-order chi connectivity index (χ0) is 19.9. The fourth-order valence-electron chi connectivity index (χ4n) is 7.20. The molecule has 4 aliphatic rings. The molecule has 4 N–H and O–H groups in total. The van der Waals surface area contributed by atoms with Crippen LogP contribution in [0.25, 0.3) is 0 Å². The maximum atomic E-state index is 15.2. The zero-order valence-corrected chi connectivity index (χ0v) is 15.9. The van der Waals surface area contributed by atoms with Crippen molar-refractivity contribution in [1.82, 2.24) is 0 Å². The van der Waals surface area contributed by atoms with Crippen molar-refractivity contribution in [3.63, 3.8) is 0 Å². The molecule has 0 bridgehead atoms. The van der Waals surface area contributed by atoms with Gasteiger partial charge in [-0.05, 0) is 66.4 Å². The molecule has 0 amide bonds. The Morgan fingerprint density at radius 3 is 2.52 bits per heavy atom. The third kappa shape index (κ3) is 2.18. The Morgan fingerprint density at radius 1 is 1.22 bits per heavy atom. The summed E-state index contributed by atoms with van der Waals surface area (Å²) in [5.41, 5.74) is -2.87. The Balaban J connectivity index is 1.82. The Labute approximate surface area is 158 Å². The number of carboxylic acid groups (broad SMARTS) is 1. The minimum Gasteiger partial charge on any atom is -0.479 e. The van der Waals surface area contributed by atoms with E-state index in [2.05, 4.69) is 6.58 Å². The average Bonchev–Trinajstić information content (AvgIpc) is 2.78. The Hall–Kier alpha value is -1.24. The summed E-state index contributed by atoms with van der Waals surface area (Å²) in [5, 5.41) is 41.9. The summed E-state index contributed by atoms with van der Waals surface area (Å²) in [6, 6.07) is 0. The maximum absolute atomic E-state index is 15.2. The van der Waals surface area contributed by atoms with Crippen LogP contribution in [0.5, 0.6) is 0 Å². The van der Waals surface area contributed by atoms with Gasteiger partial charge in [-0.2, -0.15) is 0 Å². The smallest absolute Gasteiger partial charge is 0.340 e. The summed E-state index contributed by atoms with van der Waals surface area (Å²) in [6.07, 6.45) is 0.678. The number of carboxylic acids is 1. The van der Waals surface area contributed by atoms with Crippen molar-refractivity contribution < 1.29 is 29.6 Å². The number of hydrogen-bond acceptors (Lipinski definition) is 4. The molecular weight excluding hydrogens is 351 g/mol. The van der Waals surface area contributed by atoms with Crippen LogP contribution in [0.3, 0.4) is 0 Å². The lowest BCUT2D eigenvalue weighted by atomic mass is 9.46. The highest BCUT2D eigenvalue weighted by molar-refractivity contribution is 5.84. The molecule has 3 fully saturated rings. The quantitative estimate of drug-likeness (QED) is 0.524. The van der Waals surface area contributed by atoms with Gasteiger partial charge in [0.15, 0.2) is 5.60 Å². The molecule has 3 unspecified atom stereocenters. The summed E-state index contributed by atoms with van der Waals surface area (Å²) in [4.78, 5) is 11.9. The molecule has 8 atom stereocenters. The second kappa shape index (κ2) is 5.65. The Morgan fingerprint density at radius 2 is 1.89 bits per heavy atom. The minimum absolute atomic E-state index is 0.128. The van der Waals surface area contributed by atoms with Gasteiger partial charge < -0.3 is 20.4 Å². The predicted octanol–water partition coefficient (Wildman–Crippen LogP) is 2.56. The fourth-order valence-corrected chi connectivity index (χ4v) is 7.20. The molecule has 5 nitrogen and oxygen atoms in total. The van der Waals surface area contributed by atoms with Crippen molar-refractivity contribution in [3.05, 3.63) is 23.6 Å². The van der Waals surface area contributed by atoms with Crippen molar-refractivity contribution in [2.45, 2.75) is 70.2 Å². The molecule has 3 saturated carbocycles. The van der Waals surface area contributed by atoms with E-state index in [9.17, 15) is 25.2 Å². The standard InChI is InChI=1S/C21H29FO5/c1-10-6-13-12-8-15(22)14-7-11(23)4-5-19(14,2)17(12)16(24)9-20(13,3)21(10,27)18(25)26/h11-13,16-17,23-24,27H,1,4-9H2,2-3H3,(H,25,26)/t11?,12-,13-,16?,17-,19-,20-,21?/m0/s1.